The Kier molecular flexibility index (Phi) is 2.54. The van der Waals surface area contributed by atoms with E-state index < -0.39 is 0 Å². The smallest absolute Gasteiger partial charge is 0.250 e. The van der Waals surface area contributed by atoms with Crippen LogP contribution in [-0.4, -0.2) is 15.7 Å². The summed E-state index contributed by atoms with van der Waals surface area (Å²) in [7, 11) is 0. The summed E-state index contributed by atoms with van der Waals surface area (Å²) < 4.78 is 1.56. The minimum absolute atomic E-state index is 0.102. The molecule has 0 aliphatic heterocycles. The van der Waals surface area contributed by atoms with Crippen LogP contribution >= 0.6 is 0 Å². The Labute approximate surface area is 106 Å². The zero-order chi connectivity index (χ0) is 12.7. The molecule has 0 bridgehead atoms. The van der Waals surface area contributed by atoms with E-state index in [1.54, 1.807) is 4.68 Å². The van der Waals surface area contributed by atoms with E-state index in [1.165, 1.54) is 5.56 Å². The fourth-order valence-electron chi connectivity index (χ4n) is 2.55. The van der Waals surface area contributed by atoms with Gasteiger partial charge in [0.25, 0.3) is 5.91 Å². The van der Waals surface area contributed by atoms with Gasteiger partial charge in [-0.05, 0) is 37.8 Å². The minimum Gasteiger partial charge on any atom is -0.272 e. The molecule has 0 N–H and O–H groups in total. The summed E-state index contributed by atoms with van der Waals surface area (Å²) in [4.78, 5) is 12.3. The first kappa shape index (κ1) is 11.2. The van der Waals surface area contributed by atoms with Crippen molar-refractivity contribution in [1.29, 1.82) is 0 Å². The third kappa shape index (κ3) is 1.86. The number of hydrogen-bond acceptors (Lipinski definition) is 2. The number of benzene rings is 1. The van der Waals surface area contributed by atoms with Crippen LogP contribution in [0.3, 0.4) is 0 Å². The molecular formula is C15H16N2O. The van der Waals surface area contributed by atoms with Crippen LogP contribution in [0.25, 0.3) is 0 Å². The first-order valence-electron chi connectivity index (χ1n) is 6.29. The molecule has 1 fully saturated rings. The Balaban J connectivity index is 1.79. The second kappa shape index (κ2) is 4.09. The van der Waals surface area contributed by atoms with Crippen molar-refractivity contribution in [2.24, 2.45) is 5.92 Å². The predicted molar refractivity (Wildman–Crippen MR) is 69.6 cm³/mol. The van der Waals surface area contributed by atoms with Gasteiger partial charge in [-0.25, -0.2) is 4.68 Å². The number of rotatable bonds is 2. The quantitative estimate of drug-likeness (QED) is 0.809. The monoisotopic (exact) mass is 240 g/mol. The molecule has 92 valence electrons. The van der Waals surface area contributed by atoms with Crippen LogP contribution in [0.2, 0.25) is 0 Å². The van der Waals surface area contributed by atoms with Crippen LogP contribution in [0.5, 0.6) is 0 Å². The van der Waals surface area contributed by atoms with E-state index in [4.69, 9.17) is 0 Å². The maximum absolute atomic E-state index is 12.3. The lowest BCUT2D eigenvalue weighted by atomic mass is 10.1. The Morgan fingerprint density at radius 3 is 2.61 bits per heavy atom. The number of aryl methyl sites for hydroxylation is 2. The Morgan fingerprint density at radius 1 is 1.28 bits per heavy atom. The van der Waals surface area contributed by atoms with Crippen molar-refractivity contribution in [3.63, 3.8) is 0 Å². The summed E-state index contributed by atoms with van der Waals surface area (Å²) in [6.45, 7) is 3.84. The second-order valence-electron chi connectivity index (χ2n) is 5.04. The molecule has 0 unspecified atom stereocenters. The van der Waals surface area contributed by atoms with E-state index in [0.29, 0.717) is 5.92 Å². The minimum atomic E-state index is 0.102. The molecular weight excluding hydrogens is 224 g/mol. The standard InChI is InChI=1S/C15H16N2O/c1-10-8-11(2)17(16-10)15(18)14-9-13(14)12-6-4-3-5-7-12/h3-8,13-14H,9H2,1-2H3/t13-,14-/m0/s1. The number of hydrogen-bond donors (Lipinski definition) is 0. The van der Waals surface area contributed by atoms with Crippen LogP contribution in [0.15, 0.2) is 36.4 Å². The number of carbonyl (C=O) groups is 1. The lowest BCUT2D eigenvalue weighted by Crippen LogP contribution is -2.16. The van der Waals surface area contributed by atoms with Crippen molar-refractivity contribution >= 4 is 5.91 Å². The molecule has 1 heterocycles. The normalized spacial score (nSPS) is 21.9. The molecule has 18 heavy (non-hydrogen) atoms. The van der Waals surface area contributed by atoms with Gasteiger partial charge >= 0.3 is 0 Å². The summed E-state index contributed by atoms with van der Waals surface area (Å²) in [5.74, 6) is 0.613. The van der Waals surface area contributed by atoms with Gasteiger partial charge in [0.05, 0.1) is 5.69 Å². The van der Waals surface area contributed by atoms with Crippen molar-refractivity contribution in [3.05, 3.63) is 53.3 Å². The lowest BCUT2D eigenvalue weighted by Gasteiger charge is -2.02. The van der Waals surface area contributed by atoms with E-state index in [-0.39, 0.29) is 11.8 Å². The molecule has 0 saturated heterocycles. The molecule has 1 aliphatic carbocycles. The van der Waals surface area contributed by atoms with Gasteiger partial charge in [-0.3, -0.25) is 4.79 Å². The van der Waals surface area contributed by atoms with Gasteiger partial charge in [-0.15, -0.1) is 0 Å². The maximum Gasteiger partial charge on any atom is 0.250 e. The van der Waals surface area contributed by atoms with E-state index in [9.17, 15) is 4.79 Å². The summed E-state index contributed by atoms with van der Waals surface area (Å²) in [5.41, 5.74) is 3.09. The molecule has 3 heteroatoms. The van der Waals surface area contributed by atoms with Crippen molar-refractivity contribution in [2.75, 3.05) is 0 Å². The van der Waals surface area contributed by atoms with E-state index >= 15 is 0 Å². The molecule has 3 rings (SSSR count). The van der Waals surface area contributed by atoms with Gasteiger partial charge in [0.15, 0.2) is 0 Å². The van der Waals surface area contributed by atoms with Gasteiger partial charge in [-0.1, -0.05) is 30.3 Å². The summed E-state index contributed by atoms with van der Waals surface area (Å²) in [6.07, 6.45) is 0.946. The third-order valence-corrected chi connectivity index (χ3v) is 3.55. The molecule has 0 radical (unpaired) electrons. The van der Waals surface area contributed by atoms with Gasteiger partial charge in [0.2, 0.25) is 0 Å². The maximum atomic E-state index is 12.3. The highest BCUT2D eigenvalue weighted by molar-refractivity contribution is 5.85. The summed E-state index contributed by atoms with van der Waals surface area (Å²) in [5, 5.41) is 4.27. The van der Waals surface area contributed by atoms with Crippen molar-refractivity contribution < 1.29 is 4.79 Å². The zero-order valence-electron chi connectivity index (χ0n) is 10.6. The SMILES string of the molecule is Cc1cc(C)n(C(=O)[C@H]2C[C@H]2c2ccccc2)n1. The molecule has 2 atom stereocenters. The average Bonchev–Trinajstić information content (AvgIpc) is 3.10. The first-order valence-corrected chi connectivity index (χ1v) is 6.29. The summed E-state index contributed by atoms with van der Waals surface area (Å²) >= 11 is 0. The highest BCUT2D eigenvalue weighted by Crippen LogP contribution is 2.48. The zero-order valence-corrected chi connectivity index (χ0v) is 10.6. The number of nitrogens with zero attached hydrogens (tertiary/aromatic N) is 2. The highest BCUT2D eigenvalue weighted by atomic mass is 16.2. The first-order chi connectivity index (χ1) is 8.66. The van der Waals surface area contributed by atoms with Crippen molar-refractivity contribution in [1.82, 2.24) is 9.78 Å². The van der Waals surface area contributed by atoms with E-state index in [1.807, 2.05) is 38.1 Å². The molecule has 2 aromatic rings. The van der Waals surface area contributed by atoms with Crippen LogP contribution in [0.1, 0.15) is 34.1 Å². The molecule has 1 aromatic heterocycles. The third-order valence-electron chi connectivity index (χ3n) is 3.55. The van der Waals surface area contributed by atoms with Gasteiger partial charge in [0, 0.05) is 11.6 Å². The van der Waals surface area contributed by atoms with Crippen molar-refractivity contribution in [2.45, 2.75) is 26.2 Å². The lowest BCUT2D eigenvalue weighted by molar-refractivity contribution is 0.0864. The van der Waals surface area contributed by atoms with E-state index in [0.717, 1.165) is 17.8 Å². The van der Waals surface area contributed by atoms with Crippen LogP contribution < -0.4 is 0 Å². The fourth-order valence-corrected chi connectivity index (χ4v) is 2.55. The molecule has 0 spiro atoms. The number of carbonyl (C=O) groups excluding carboxylic acids is 1. The van der Waals surface area contributed by atoms with Crippen LogP contribution in [0, 0.1) is 19.8 Å². The van der Waals surface area contributed by atoms with Crippen LogP contribution in [0.4, 0.5) is 0 Å². The van der Waals surface area contributed by atoms with Crippen LogP contribution in [-0.2, 0) is 0 Å². The molecule has 3 nitrogen and oxygen atoms in total. The molecule has 1 saturated carbocycles. The van der Waals surface area contributed by atoms with Gasteiger partial charge in [0.1, 0.15) is 0 Å². The molecule has 0 amide bonds. The fraction of sp³-hybridized carbons (Fsp3) is 0.333. The second-order valence-corrected chi connectivity index (χ2v) is 5.04. The molecule has 1 aliphatic rings. The average molecular weight is 240 g/mol. The number of aromatic nitrogens is 2. The van der Waals surface area contributed by atoms with Gasteiger partial charge in [-0.2, -0.15) is 5.10 Å². The van der Waals surface area contributed by atoms with Crippen molar-refractivity contribution in [3.8, 4) is 0 Å². The Hall–Kier alpha value is -1.90. The Morgan fingerprint density at radius 2 is 2.00 bits per heavy atom. The van der Waals surface area contributed by atoms with Gasteiger partial charge < -0.3 is 0 Å². The predicted octanol–water partition coefficient (Wildman–Crippen LogP) is 2.94. The largest absolute Gasteiger partial charge is 0.272 e. The molecule has 1 aromatic carbocycles. The highest BCUT2D eigenvalue weighted by Gasteiger charge is 2.45. The van der Waals surface area contributed by atoms with E-state index in [2.05, 4.69) is 17.2 Å². The topological polar surface area (TPSA) is 34.9 Å². The Bertz CT molecular complexity index is 586. The summed E-state index contributed by atoms with van der Waals surface area (Å²) in [6, 6.07) is 12.2.